The molecule has 1 heterocycles. The summed E-state index contributed by atoms with van der Waals surface area (Å²) in [5.74, 6) is -1.09. The molecule has 0 spiro atoms. The molecular weight excluding hydrogens is 336 g/mol. The van der Waals surface area contributed by atoms with Crippen LogP contribution in [0.3, 0.4) is 0 Å². The van der Waals surface area contributed by atoms with Gasteiger partial charge in [-0.25, -0.2) is 4.79 Å². The Morgan fingerprint density at radius 3 is 2.69 bits per heavy atom. The monoisotopic (exact) mass is 354 g/mol. The van der Waals surface area contributed by atoms with E-state index in [9.17, 15) is 19.7 Å². The van der Waals surface area contributed by atoms with Crippen molar-refractivity contribution in [2.75, 3.05) is 4.90 Å². The van der Waals surface area contributed by atoms with Crippen molar-refractivity contribution in [3.05, 3.63) is 69.8 Å². The molecule has 2 aromatic carbocycles. The molecule has 0 radical (unpaired) electrons. The number of rotatable bonds is 4. The molecule has 0 bridgehead atoms. The number of nitrogens with zero attached hydrogens (tertiary/aromatic N) is 2. The molecule has 1 aliphatic rings. The van der Waals surface area contributed by atoms with E-state index in [2.05, 4.69) is 0 Å². The Morgan fingerprint density at radius 1 is 1.23 bits per heavy atom. The molecular formula is C19H18N2O5. The maximum Gasteiger partial charge on any atom is 0.339 e. The molecule has 3 rings (SSSR count). The second-order valence-corrected chi connectivity index (χ2v) is 6.25. The van der Waals surface area contributed by atoms with Crippen molar-refractivity contribution in [3.8, 4) is 0 Å². The van der Waals surface area contributed by atoms with Crippen LogP contribution in [0.4, 0.5) is 11.4 Å². The van der Waals surface area contributed by atoms with Crippen LogP contribution in [0.5, 0.6) is 0 Å². The van der Waals surface area contributed by atoms with Crippen molar-refractivity contribution in [1.82, 2.24) is 0 Å². The predicted octanol–water partition coefficient (Wildman–Crippen LogP) is 3.12. The van der Waals surface area contributed by atoms with Gasteiger partial charge < -0.3 is 9.64 Å². The van der Waals surface area contributed by atoms with Gasteiger partial charge in [0.05, 0.1) is 10.5 Å². The molecule has 7 heteroatoms. The lowest BCUT2D eigenvalue weighted by atomic mass is 10.1. The average Bonchev–Trinajstić information content (AvgIpc) is 2.96. The summed E-state index contributed by atoms with van der Waals surface area (Å²) in [7, 11) is 0. The van der Waals surface area contributed by atoms with Crippen molar-refractivity contribution < 1.29 is 19.2 Å². The van der Waals surface area contributed by atoms with Crippen LogP contribution >= 0.6 is 0 Å². The number of hydrogen-bond acceptors (Lipinski definition) is 5. The summed E-state index contributed by atoms with van der Waals surface area (Å²) < 4.78 is 5.26. The lowest BCUT2D eigenvalue weighted by Crippen LogP contribution is -2.43. The van der Waals surface area contributed by atoms with Gasteiger partial charge >= 0.3 is 5.97 Å². The van der Waals surface area contributed by atoms with Crippen LogP contribution in [-0.2, 0) is 16.0 Å². The molecule has 7 nitrogen and oxygen atoms in total. The van der Waals surface area contributed by atoms with Gasteiger partial charge in [-0.2, -0.15) is 0 Å². The zero-order valence-corrected chi connectivity index (χ0v) is 14.4. The van der Waals surface area contributed by atoms with Gasteiger partial charge in [0.2, 0.25) is 0 Å². The van der Waals surface area contributed by atoms with Gasteiger partial charge in [0.25, 0.3) is 11.6 Å². The third kappa shape index (κ3) is 3.28. The first-order chi connectivity index (χ1) is 12.4. The van der Waals surface area contributed by atoms with E-state index in [1.165, 1.54) is 25.1 Å². The van der Waals surface area contributed by atoms with Crippen molar-refractivity contribution in [2.24, 2.45) is 0 Å². The number of nitro benzene ring substituents is 1. The Kier molecular flexibility index (Phi) is 4.71. The maximum atomic E-state index is 12.8. The number of non-ortho nitro benzene ring substituents is 1. The Bertz CT molecular complexity index is 880. The van der Waals surface area contributed by atoms with Gasteiger partial charge in [-0.15, -0.1) is 0 Å². The fourth-order valence-electron chi connectivity index (χ4n) is 3.12. The largest absolute Gasteiger partial charge is 0.449 e. The molecule has 0 aromatic heterocycles. The second kappa shape index (κ2) is 6.95. The summed E-state index contributed by atoms with van der Waals surface area (Å²) in [6.07, 6.45) is -0.261. The number of amides is 1. The highest BCUT2D eigenvalue weighted by atomic mass is 16.6. The van der Waals surface area contributed by atoms with E-state index in [0.29, 0.717) is 0 Å². The fourth-order valence-corrected chi connectivity index (χ4v) is 3.12. The summed E-state index contributed by atoms with van der Waals surface area (Å²) >= 11 is 0. The van der Waals surface area contributed by atoms with Crippen LogP contribution in [-0.4, -0.2) is 28.9 Å². The van der Waals surface area contributed by atoms with Crippen molar-refractivity contribution in [3.63, 3.8) is 0 Å². The molecule has 0 saturated heterocycles. The molecule has 0 fully saturated rings. The normalized spacial score (nSPS) is 16.7. The topological polar surface area (TPSA) is 89.7 Å². The van der Waals surface area contributed by atoms with E-state index in [1.807, 2.05) is 31.2 Å². The van der Waals surface area contributed by atoms with Crippen LogP contribution in [0.2, 0.25) is 0 Å². The van der Waals surface area contributed by atoms with Gasteiger partial charge in [0.15, 0.2) is 6.10 Å². The summed E-state index contributed by atoms with van der Waals surface area (Å²) in [4.78, 5) is 36.9. The number of para-hydroxylation sites is 1. The molecule has 0 aliphatic carbocycles. The first-order valence-electron chi connectivity index (χ1n) is 8.25. The first-order valence-corrected chi connectivity index (χ1v) is 8.25. The number of nitro groups is 1. The van der Waals surface area contributed by atoms with Gasteiger partial charge in [0, 0.05) is 23.9 Å². The molecule has 1 amide bonds. The first kappa shape index (κ1) is 17.6. The Labute approximate surface area is 150 Å². The van der Waals surface area contributed by atoms with E-state index in [4.69, 9.17) is 4.74 Å². The predicted molar refractivity (Wildman–Crippen MR) is 95.1 cm³/mol. The highest BCUT2D eigenvalue weighted by Gasteiger charge is 2.34. The lowest BCUT2D eigenvalue weighted by molar-refractivity contribution is -0.384. The maximum absolute atomic E-state index is 12.8. The van der Waals surface area contributed by atoms with Crippen LogP contribution in [0.1, 0.15) is 29.8 Å². The number of anilines is 1. The van der Waals surface area contributed by atoms with Crippen LogP contribution in [0.25, 0.3) is 0 Å². The summed E-state index contributed by atoms with van der Waals surface area (Å²) in [5.41, 5.74) is 1.73. The third-order valence-corrected chi connectivity index (χ3v) is 4.37. The zero-order chi connectivity index (χ0) is 18.8. The van der Waals surface area contributed by atoms with E-state index >= 15 is 0 Å². The van der Waals surface area contributed by atoms with Crippen molar-refractivity contribution in [2.45, 2.75) is 32.4 Å². The number of hydrogen-bond donors (Lipinski definition) is 0. The molecule has 0 unspecified atom stereocenters. The standard InChI is InChI=1S/C19H18N2O5/c1-12-10-14-6-3-4-9-17(14)20(12)18(22)13(2)26-19(23)15-7-5-8-16(11-15)21(24)25/h3-9,11-13H,10H2,1-2H3/t12-,13-/m0/s1. The number of esters is 1. The fraction of sp³-hybridized carbons (Fsp3) is 0.263. The van der Waals surface area contributed by atoms with Crippen LogP contribution in [0, 0.1) is 10.1 Å². The summed E-state index contributed by atoms with van der Waals surface area (Å²) in [6, 6.07) is 12.8. The van der Waals surface area contributed by atoms with Crippen LogP contribution in [0.15, 0.2) is 48.5 Å². The Hall–Kier alpha value is -3.22. The molecule has 0 N–H and O–H groups in total. The molecule has 1 aliphatic heterocycles. The molecule has 2 atom stereocenters. The van der Waals surface area contributed by atoms with Gasteiger partial charge in [-0.1, -0.05) is 24.3 Å². The summed E-state index contributed by atoms with van der Waals surface area (Å²) in [5, 5.41) is 10.8. The lowest BCUT2D eigenvalue weighted by Gasteiger charge is -2.25. The number of fused-ring (bicyclic) bond motifs is 1. The number of benzene rings is 2. The molecule has 134 valence electrons. The quantitative estimate of drug-likeness (QED) is 0.478. The van der Waals surface area contributed by atoms with Gasteiger partial charge in [-0.05, 0) is 38.0 Å². The van der Waals surface area contributed by atoms with E-state index in [1.54, 1.807) is 4.90 Å². The van der Waals surface area contributed by atoms with Gasteiger partial charge in [0.1, 0.15) is 0 Å². The average molecular weight is 354 g/mol. The van der Waals surface area contributed by atoms with E-state index < -0.39 is 17.0 Å². The van der Waals surface area contributed by atoms with Gasteiger partial charge in [-0.3, -0.25) is 14.9 Å². The van der Waals surface area contributed by atoms with Crippen molar-refractivity contribution >= 4 is 23.3 Å². The summed E-state index contributed by atoms with van der Waals surface area (Å²) in [6.45, 7) is 3.44. The highest BCUT2D eigenvalue weighted by Crippen LogP contribution is 2.32. The number of carbonyl (C=O) groups is 2. The van der Waals surface area contributed by atoms with E-state index in [-0.39, 0.29) is 23.2 Å². The minimum atomic E-state index is -1.00. The minimum absolute atomic E-state index is 0.0288. The van der Waals surface area contributed by atoms with Crippen molar-refractivity contribution in [1.29, 1.82) is 0 Å². The molecule has 2 aromatic rings. The van der Waals surface area contributed by atoms with E-state index in [0.717, 1.165) is 23.7 Å². The molecule has 26 heavy (non-hydrogen) atoms. The highest BCUT2D eigenvalue weighted by molar-refractivity contribution is 6.01. The van der Waals surface area contributed by atoms with Crippen LogP contribution < -0.4 is 4.90 Å². The third-order valence-electron chi connectivity index (χ3n) is 4.37. The Balaban J connectivity index is 1.75. The SMILES string of the molecule is C[C@H](OC(=O)c1cccc([N+](=O)[O-])c1)C(=O)N1c2ccccc2C[C@@H]1C. The number of ether oxygens (including phenoxy) is 1. The number of carbonyl (C=O) groups excluding carboxylic acids is 2. The Morgan fingerprint density at radius 2 is 1.96 bits per heavy atom. The second-order valence-electron chi connectivity index (χ2n) is 6.25. The minimum Gasteiger partial charge on any atom is -0.449 e. The zero-order valence-electron chi connectivity index (χ0n) is 14.4. The smallest absolute Gasteiger partial charge is 0.339 e. The molecule has 0 saturated carbocycles.